The van der Waals surface area contributed by atoms with E-state index in [1.807, 2.05) is 0 Å². The number of halogens is 3. The summed E-state index contributed by atoms with van der Waals surface area (Å²) in [4.78, 5) is 30.2. The van der Waals surface area contributed by atoms with Crippen molar-refractivity contribution < 1.29 is 9.59 Å². The fraction of sp³-hybridized carbons (Fsp3) is 0.188. The Morgan fingerprint density at radius 3 is 2.54 bits per heavy atom. The summed E-state index contributed by atoms with van der Waals surface area (Å²) in [5, 5.41) is 3.81. The van der Waals surface area contributed by atoms with E-state index in [0.29, 0.717) is 26.3 Å². The summed E-state index contributed by atoms with van der Waals surface area (Å²) in [7, 11) is 0. The third-order valence-electron chi connectivity index (χ3n) is 3.87. The molecule has 2 heterocycles. The predicted molar refractivity (Wildman–Crippen MR) is 92.1 cm³/mol. The first-order valence-electron chi connectivity index (χ1n) is 7.01. The molecule has 24 heavy (non-hydrogen) atoms. The van der Waals surface area contributed by atoms with Crippen LogP contribution in [-0.2, 0) is 16.9 Å². The van der Waals surface area contributed by atoms with Crippen LogP contribution in [0.2, 0.25) is 15.2 Å². The van der Waals surface area contributed by atoms with E-state index in [9.17, 15) is 9.59 Å². The van der Waals surface area contributed by atoms with Crippen molar-refractivity contribution in [2.45, 2.75) is 19.0 Å². The Hall–Kier alpha value is -1.82. The topological polar surface area (TPSA) is 62.3 Å². The van der Waals surface area contributed by atoms with Gasteiger partial charge in [-0.15, -0.1) is 0 Å². The summed E-state index contributed by atoms with van der Waals surface area (Å²) < 4.78 is 0. The lowest BCUT2D eigenvalue weighted by molar-refractivity contribution is -0.131. The maximum atomic E-state index is 12.9. The van der Waals surface area contributed by atoms with Gasteiger partial charge in [-0.25, -0.2) is 9.78 Å². The molecule has 2 aromatic rings. The molecular weight excluding hydrogens is 373 g/mol. The van der Waals surface area contributed by atoms with E-state index in [0.717, 1.165) is 4.90 Å². The highest BCUT2D eigenvalue weighted by molar-refractivity contribution is 6.35. The van der Waals surface area contributed by atoms with E-state index in [1.54, 1.807) is 31.2 Å². The standard InChI is InChI=1S/C16H12Cl3N3O2/c1-16(11-4-3-10(17)6-12(11)18)14(23)22(15(24)21-16)8-9-2-5-13(19)20-7-9/h2-7H,8H2,1H3,(H,21,24). The number of carbonyl (C=O) groups excluding carboxylic acids is 2. The number of nitrogens with zero attached hydrogens (tertiary/aromatic N) is 2. The van der Waals surface area contributed by atoms with E-state index >= 15 is 0 Å². The second-order valence-corrected chi connectivity index (χ2v) is 6.79. The van der Waals surface area contributed by atoms with Crippen LogP contribution in [0.1, 0.15) is 18.1 Å². The summed E-state index contributed by atoms with van der Waals surface area (Å²) in [5.41, 5.74) is -0.0727. The Morgan fingerprint density at radius 2 is 1.92 bits per heavy atom. The van der Waals surface area contributed by atoms with Crippen molar-refractivity contribution in [1.82, 2.24) is 15.2 Å². The van der Waals surface area contributed by atoms with Crippen LogP contribution in [0.3, 0.4) is 0 Å². The van der Waals surface area contributed by atoms with Crippen molar-refractivity contribution in [2.24, 2.45) is 0 Å². The predicted octanol–water partition coefficient (Wildman–Crippen LogP) is 4.01. The minimum atomic E-state index is -1.25. The van der Waals surface area contributed by atoms with Gasteiger partial charge >= 0.3 is 6.03 Å². The second-order valence-electron chi connectivity index (χ2n) is 5.56. The van der Waals surface area contributed by atoms with E-state index in [2.05, 4.69) is 10.3 Å². The largest absolute Gasteiger partial charge is 0.325 e. The van der Waals surface area contributed by atoms with Crippen LogP contribution >= 0.6 is 34.8 Å². The molecule has 3 amide bonds. The van der Waals surface area contributed by atoms with Gasteiger partial charge in [0.25, 0.3) is 5.91 Å². The molecule has 0 saturated carbocycles. The molecule has 1 atom stereocenters. The number of imide groups is 1. The van der Waals surface area contributed by atoms with Crippen LogP contribution in [0.25, 0.3) is 0 Å². The molecular formula is C16H12Cl3N3O2. The van der Waals surface area contributed by atoms with Crippen molar-refractivity contribution in [3.63, 3.8) is 0 Å². The number of hydrogen-bond acceptors (Lipinski definition) is 3. The Balaban J connectivity index is 1.91. The number of urea groups is 1. The third kappa shape index (κ3) is 2.95. The van der Waals surface area contributed by atoms with Gasteiger partial charge in [-0.1, -0.05) is 46.9 Å². The molecule has 124 valence electrons. The molecule has 1 saturated heterocycles. The molecule has 1 fully saturated rings. The molecule has 1 aromatic carbocycles. The van der Waals surface area contributed by atoms with Crippen molar-refractivity contribution >= 4 is 46.7 Å². The molecule has 1 N–H and O–H groups in total. The smallest absolute Gasteiger partial charge is 0.319 e. The first kappa shape index (κ1) is 17.0. The van der Waals surface area contributed by atoms with Crippen LogP contribution in [0.4, 0.5) is 4.79 Å². The number of carbonyl (C=O) groups is 2. The Morgan fingerprint density at radius 1 is 1.17 bits per heavy atom. The minimum absolute atomic E-state index is 0.0929. The zero-order valence-corrected chi connectivity index (χ0v) is 14.8. The number of pyridine rings is 1. The fourth-order valence-corrected chi connectivity index (χ4v) is 3.31. The molecule has 0 spiro atoms. The van der Waals surface area contributed by atoms with E-state index in [1.165, 1.54) is 12.3 Å². The van der Waals surface area contributed by atoms with Crippen molar-refractivity contribution in [2.75, 3.05) is 0 Å². The van der Waals surface area contributed by atoms with Crippen LogP contribution in [-0.4, -0.2) is 21.8 Å². The zero-order chi connectivity index (χ0) is 17.5. The first-order chi connectivity index (χ1) is 11.3. The highest BCUT2D eigenvalue weighted by Gasteiger charge is 2.49. The number of hydrogen-bond donors (Lipinski definition) is 1. The SMILES string of the molecule is CC1(c2ccc(Cl)cc2Cl)NC(=O)N(Cc2ccc(Cl)nc2)C1=O. The monoisotopic (exact) mass is 383 g/mol. The lowest BCUT2D eigenvalue weighted by Gasteiger charge is -2.23. The van der Waals surface area contributed by atoms with E-state index < -0.39 is 17.5 Å². The third-order valence-corrected chi connectivity index (χ3v) is 4.65. The van der Waals surface area contributed by atoms with Crippen LogP contribution in [0, 0.1) is 0 Å². The fourth-order valence-electron chi connectivity index (χ4n) is 2.60. The van der Waals surface area contributed by atoms with Gasteiger partial charge in [-0.05, 0) is 30.7 Å². The number of aromatic nitrogens is 1. The molecule has 1 unspecified atom stereocenters. The minimum Gasteiger partial charge on any atom is -0.319 e. The normalized spacial score (nSPS) is 20.4. The molecule has 5 nitrogen and oxygen atoms in total. The summed E-state index contributed by atoms with van der Waals surface area (Å²) in [5.74, 6) is -0.397. The van der Waals surface area contributed by atoms with Gasteiger partial charge in [0.15, 0.2) is 0 Å². The Bertz CT molecular complexity index is 826. The molecule has 8 heteroatoms. The number of benzene rings is 1. The first-order valence-corrected chi connectivity index (χ1v) is 8.15. The molecule has 1 aliphatic rings. The summed E-state index contributed by atoms with van der Waals surface area (Å²) >= 11 is 17.8. The Kier molecular flexibility index (Phi) is 4.42. The van der Waals surface area contributed by atoms with Gasteiger partial charge in [0.2, 0.25) is 0 Å². The Labute approximate surface area is 153 Å². The quantitative estimate of drug-likeness (QED) is 0.642. The second kappa shape index (κ2) is 6.24. The van der Waals surface area contributed by atoms with E-state index in [4.69, 9.17) is 34.8 Å². The van der Waals surface area contributed by atoms with Gasteiger partial charge < -0.3 is 5.32 Å². The van der Waals surface area contributed by atoms with Gasteiger partial charge in [-0.2, -0.15) is 0 Å². The lowest BCUT2D eigenvalue weighted by atomic mass is 9.92. The van der Waals surface area contributed by atoms with Gasteiger partial charge in [0, 0.05) is 21.8 Å². The van der Waals surface area contributed by atoms with Crippen molar-refractivity contribution in [3.8, 4) is 0 Å². The van der Waals surface area contributed by atoms with Gasteiger partial charge in [0.1, 0.15) is 10.7 Å². The summed E-state index contributed by atoms with van der Waals surface area (Å²) in [6.45, 7) is 1.71. The maximum Gasteiger partial charge on any atom is 0.325 e. The molecule has 0 radical (unpaired) electrons. The lowest BCUT2D eigenvalue weighted by Crippen LogP contribution is -2.41. The van der Waals surface area contributed by atoms with E-state index in [-0.39, 0.29) is 6.54 Å². The molecule has 1 aromatic heterocycles. The van der Waals surface area contributed by atoms with Crippen LogP contribution in [0.5, 0.6) is 0 Å². The highest BCUT2D eigenvalue weighted by Crippen LogP contribution is 2.35. The van der Waals surface area contributed by atoms with Gasteiger partial charge in [0.05, 0.1) is 6.54 Å². The van der Waals surface area contributed by atoms with Crippen LogP contribution < -0.4 is 5.32 Å². The molecule has 1 aliphatic heterocycles. The van der Waals surface area contributed by atoms with Crippen molar-refractivity contribution in [1.29, 1.82) is 0 Å². The zero-order valence-electron chi connectivity index (χ0n) is 12.5. The average Bonchev–Trinajstić information content (AvgIpc) is 2.73. The van der Waals surface area contributed by atoms with Crippen LogP contribution in [0.15, 0.2) is 36.5 Å². The summed E-state index contributed by atoms with van der Waals surface area (Å²) in [6.07, 6.45) is 1.52. The van der Waals surface area contributed by atoms with Crippen molar-refractivity contribution in [3.05, 3.63) is 62.9 Å². The summed E-state index contributed by atoms with van der Waals surface area (Å²) in [6, 6.07) is 7.61. The number of rotatable bonds is 3. The molecule has 0 bridgehead atoms. The highest BCUT2D eigenvalue weighted by atomic mass is 35.5. The number of amides is 3. The average molecular weight is 385 g/mol. The molecule has 0 aliphatic carbocycles. The molecule has 3 rings (SSSR count). The van der Waals surface area contributed by atoms with Gasteiger partial charge in [-0.3, -0.25) is 9.69 Å². The maximum absolute atomic E-state index is 12.9. The number of nitrogens with one attached hydrogen (secondary N) is 1.